The second-order valence-electron chi connectivity index (χ2n) is 3.01. The van der Waals surface area contributed by atoms with Crippen molar-refractivity contribution in [2.24, 2.45) is 11.5 Å². The van der Waals surface area contributed by atoms with Crippen LogP contribution in [0.3, 0.4) is 0 Å². The molecule has 5 nitrogen and oxygen atoms in total. The van der Waals surface area contributed by atoms with E-state index in [0.717, 1.165) is 0 Å². The summed E-state index contributed by atoms with van der Waals surface area (Å²) in [5.41, 5.74) is 7.62. The van der Waals surface area contributed by atoms with Crippen molar-refractivity contribution < 1.29 is 49.4 Å². The maximum atomic E-state index is 12.9. The summed E-state index contributed by atoms with van der Waals surface area (Å²) in [5.74, 6) is -18.2. The molecule has 2 amide bonds. The van der Waals surface area contributed by atoms with Gasteiger partial charge < -0.3 is 11.5 Å². The summed E-state index contributed by atoms with van der Waals surface area (Å²) < 4.78 is 101. The second-order valence-corrected chi connectivity index (χ2v) is 3.01. The minimum Gasteiger partial charge on any atom is -0.364 e. The van der Waals surface area contributed by atoms with Crippen LogP contribution in [0.2, 0.25) is 0 Å². The standard InChI is InChI=1S/C6H4F8N2O3/c7-3(8,1(15)17)6(13,14)19-4(9,2(16)18)5(10,11)12/h(H2,15,17)(H2,16,18)/t4-/m1/s1. The molecule has 0 spiro atoms. The maximum absolute atomic E-state index is 12.9. The fourth-order valence-electron chi connectivity index (χ4n) is 0.632. The lowest BCUT2D eigenvalue weighted by atomic mass is 10.2. The van der Waals surface area contributed by atoms with Gasteiger partial charge in [-0.05, 0) is 0 Å². The molecule has 0 aromatic rings. The molecule has 1 atom stereocenters. The molecule has 0 saturated carbocycles. The molecule has 0 aromatic heterocycles. The highest BCUT2D eigenvalue weighted by Crippen LogP contribution is 2.44. The van der Waals surface area contributed by atoms with E-state index in [-0.39, 0.29) is 0 Å². The van der Waals surface area contributed by atoms with Gasteiger partial charge in [-0.25, -0.2) is 0 Å². The summed E-state index contributed by atoms with van der Waals surface area (Å²) in [6, 6.07) is 0. The molecule has 0 aliphatic heterocycles. The van der Waals surface area contributed by atoms with Crippen LogP contribution in [0, 0.1) is 0 Å². The molecular weight excluding hydrogens is 300 g/mol. The van der Waals surface area contributed by atoms with Gasteiger partial charge in [-0.15, -0.1) is 0 Å². The van der Waals surface area contributed by atoms with Crippen LogP contribution in [0.5, 0.6) is 0 Å². The Balaban J connectivity index is 5.64. The Morgan fingerprint density at radius 2 is 1.16 bits per heavy atom. The Bertz CT molecular complexity index is 394. The van der Waals surface area contributed by atoms with Gasteiger partial charge >= 0.3 is 24.1 Å². The second kappa shape index (κ2) is 4.47. The fourth-order valence-corrected chi connectivity index (χ4v) is 0.632. The van der Waals surface area contributed by atoms with Gasteiger partial charge in [0.05, 0.1) is 0 Å². The Kier molecular flexibility index (Phi) is 4.08. The first-order valence-electron chi connectivity index (χ1n) is 3.91. The molecule has 0 aromatic carbocycles. The number of primary amides is 2. The summed E-state index contributed by atoms with van der Waals surface area (Å²) in [6.07, 6.45) is -12.9. The minimum atomic E-state index is -6.49. The van der Waals surface area contributed by atoms with E-state index in [1.54, 1.807) is 0 Å². The molecule has 19 heavy (non-hydrogen) atoms. The number of carbonyl (C=O) groups excluding carboxylic acids is 2. The first-order chi connectivity index (χ1) is 8.09. The molecule has 0 rings (SSSR count). The first-order valence-corrected chi connectivity index (χ1v) is 3.91. The summed E-state index contributed by atoms with van der Waals surface area (Å²) in [5, 5.41) is 0. The van der Waals surface area contributed by atoms with Gasteiger partial charge in [-0.1, -0.05) is 0 Å². The summed E-state index contributed by atoms with van der Waals surface area (Å²) in [4.78, 5) is 20.1. The van der Waals surface area contributed by atoms with Gasteiger partial charge in [0.1, 0.15) is 0 Å². The summed E-state index contributed by atoms with van der Waals surface area (Å²) >= 11 is 0. The zero-order valence-electron chi connectivity index (χ0n) is 8.40. The number of carbonyl (C=O) groups is 2. The van der Waals surface area contributed by atoms with Crippen molar-refractivity contribution in [1.29, 1.82) is 0 Å². The van der Waals surface area contributed by atoms with E-state index in [2.05, 4.69) is 16.2 Å². The van der Waals surface area contributed by atoms with Crippen molar-refractivity contribution in [2.75, 3.05) is 0 Å². The third kappa shape index (κ3) is 2.85. The minimum absolute atomic E-state index is 2.13. The van der Waals surface area contributed by atoms with Gasteiger partial charge in [0.2, 0.25) is 0 Å². The van der Waals surface area contributed by atoms with Crippen molar-refractivity contribution in [1.82, 2.24) is 0 Å². The summed E-state index contributed by atoms with van der Waals surface area (Å²) in [6.45, 7) is 0. The van der Waals surface area contributed by atoms with Gasteiger partial charge in [-0.2, -0.15) is 35.1 Å². The number of hydrogen-bond donors (Lipinski definition) is 2. The van der Waals surface area contributed by atoms with Crippen molar-refractivity contribution in [3.05, 3.63) is 0 Å². The van der Waals surface area contributed by atoms with Gasteiger partial charge in [-0.3, -0.25) is 14.3 Å². The zero-order chi connectivity index (χ0) is 15.9. The SMILES string of the molecule is NC(=O)C(F)(F)C(F)(F)O[C@](F)(C(N)=O)C(F)(F)F. The van der Waals surface area contributed by atoms with E-state index in [1.165, 1.54) is 0 Å². The van der Waals surface area contributed by atoms with Crippen LogP contribution in [-0.4, -0.2) is 35.9 Å². The Labute approximate surface area is 98.0 Å². The average molecular weight is 304 g/mol. The van der Waals surface area contributed by atoms with Gasteiger partial charge in [0.25, 0.3) is 11.8 Å². The summed E-state index contributed by atoms with van der Waals surface area (Å²) in [7, 11) is 0. The maximum Gasteiger partial charge on any atom is 0.458 e. The van der Waals surface area contributed by atoms with Crippen LogP contribution in [0.4, 0.5) is 35.1 Å². The van der Waals surface area contributed by atoms with E-state index in [9.17, 15) is 44.7 Å². The molecule has 0 bridgehead atoms. The van der Waals surface area contributed by atoms with E-state index in [4.69, 9.17) is 0 Å². The number of rotatable bonds is 5. The highest BCUT2D eigenvalue weighted by atomic mass is 19.4. The normalized spacial score (nSPS) is 16.8. The van der Waals surface area contributed by atoms with Crippen LogP contribution in [-0.2, 0) is 14.3 Å². The molecule has 0 radical (unpaired) electrons. The number of alkyl halides is 8. The number of ether oxygens (including phenoxy) is 1. The molecular formula is C6H4F8N2O3. The lowest BCUT2D eigenvalue weighted by molar-refractivity contribution is -0.427. The number of hydrogen-bond acceptors (Lipinski definition) is 3. The van der Waals surface area contributed by atoms with E-state index < -0.39 is 35.9 Å². The molecule has 0 aliphatic carbocycles. The van der Waals surface area contributed by atoms with E-state index >= 15 is 0 Å². The number of amides is 2. The van der Waals surface area contributed by atoms with Crippen LogP contribution in [0.1, 0.15) is 0 Å². The Morgan fingerprint density at radius 3 is 1.37 bits per heavy atom. The van der Waals surface area contributed by atoms with Gasteiger partial charge in [0.15, 0.2) is 0 Å². The van der Waals surface area contributed by atoms with Crippen molar-refractivity contribution in [3.8, 4) is 0 Å². The lowest BCUT2D eigenvalue weighted by Crippen LogP contribution is -2.62. The smallest absolute Gasteiger partial charge is 0.364 e. The molecule has 0 saturated heterocycles. The monoisotopic (exact) mass is 304 g/mol. The zero-order valence-corrected chi connectivity index (χ0v) is 8.40. The molecule has 13 heteroatoms. The highest BCUT2D eigenvalue weighted by molar-refractivity contribution is 5.84. The van der Waals surface area contributed by atoms with Crippen LogP contribution in [0.25, 0.3) is 0 Å². The fraction of sp³-hybridized carbons (Fsp3) is 0.667. The number of halogens is 8. The third-order valence-corrected chi connectivity index (χ3v) is 1.63. The Morgan fingerprint density at radius 1 is 0.789 bits per heavy atom. The van der Waals surface area contributed by atoms with Crippen molar-refractivity contribution >= 4 is 11.8 Å². The van der Waals surface area contributed by atoms with E-state index in [0.29, 0.717) is 0 Å². The van der Waals surface area contributed by atoms with Crippen molar-refractivity contribution in [3.63, 3.8) is 0 Å². The predicted octanol–water partition coefficient (Wildman–Crippen LogP) is 0.430. The molecule has 112 valence electrons. The van der Waals surface area contributed by atoms with Crippen LogP contribution < -0.4 is 11.5 Å². The molecule has 0 unspecified atom stereocenters. The van der Waals surface area contributed by atoms with Gasteiger partial charge in [0, 0.05) is 0 Å². The third-order valence-electron chi connectivity index (χ3n) is 1.63. The molecule has 0 heterocycles. The predicted molar refractivity (Wildman–Crippen MR) is 39.3 cm³/mol. The van der Waals surface area contributed by atoms with Crippen molar-refractivity contribution in [2.45, 2.75) is 24.1 Å². The highest BCUT2D eigenvalue weighted by Gasteiger charge is 2.73. The Hall–Kier alpha value is -1.66. The molecule has 0 aliphatic rings. The topological polar surface area (TPSA) is 95.4 Å². The quantitative estimate of drug-likeness (QED) is 0.721. The van der Waals surface area contributed by atoms with E-state index in [1.807, 2.05) is 0 Å². The van der Waals surface area contributed by atoms with Crippen LogP contribution >= 0.6 is 0 Å². The lowest BCUT2D eigenvalue weighted by Gasteiger charge is -2.31. The molecule has 0 fully saturated rings. The van der Waals surface area contributed by atoms with Crippen LogP contribution in [0.15, 0.2) is 0 Å². The largest absolute Gasteiger partial charge is 0.458 e. The first kappa shape index (κ1) is 17.3. The molecule has 4 N–H and O–H groups in total. The average Bonchev–Trinajstić information content (AvgIpc) is 2.13. The number of nitrogens with two attached hydrogens (primary N) is 2.